The molecular weight excluding hydrogens is 445 g/mol. The molecule has 1 atom stereocenters. The maximum Gasteiger partial charge on any atom is 0.573 e. The molecule has 0 saturated heterocycles. The largest absolute Gasteiger partial charge is 0.573 e. The molecule has 1 unspecified atom stereocenters. The van der Waals surface area contributed by atoms with Gasteiger partial charge in [-0.2, -0.15) is 11.8 Å². The Labute approximate surface area is 189 Å². The van der Waals surface area contributed by atoms with Gasteiger partial charge in [-0.25, -0.2) is 0 Å². The number of para-hydroxylation sites is 2. The number of nitrogens with zero attached hydrogens (tertiary/aromatic N) is 1. The van der Waals surface area contributed by atoms with Gasteiger partial charge in [-0.3, -0.25) is 9.59 Å². The van der Waals surface area contributed by atoms with E-state index in [2.05, 4.69) is 10.1 Å². The third-order valence-electron chi connectivity index (χ3n) is 4.55. The number of alkyl halides is 3. The predicted molar refractivity (Wildman–Crippen MR) is 117 cm³/mol. The maximum atomic E-state index is 13.1. The Kier molecular flexibility index (Phi) is 9.25. The molecular formula is C22H25F3N2O4S. The van der Waals surface area contributed by atoms with Gasteiger partial charge in [-0.05, 0) is 36.6 Å². The van der Waals surface area contributed by atoms with Crippen LogP contribution in [0.25, 0.3) is 0 Å². The summed E-state index contributed by atoms with van der Waals surface area (Å²) < 4.78 is 47.3. The average molecular weight is 471 g/mol. The molecule has 2 rings (SSSR count). The summed E-state index contributed by atoms with van der Waals surface area (Å²) in [4.78, 5) is 27.1. The lowest BCUT2D eigenvalue weighted by molar-refractivity contribution is -0.275. The average Bonchev–Trinajstić information content (AvgIpc) is 2.76. The normalized spacial score (nSPS) is 12.1. The third kappa shape index (κ3) is 7.37. The number of amides is 2. The van der Waals surface area contributed by atoms with E-state index in [-0.39, 0.29) is 23.4 Å². The molecule has 2 aromatic carbocycles. The smallest absolute Gasteiger partial charge is 0.496 e. The minimum absolute atomic E-state index is 0.120. The zero-order chi connectivity index (χ0) is 23.7. The highest BCUT2D eigenvalue weighted by atomic mass is 32.2. The molecule has 0 radical (unpaired) electrons. The highest BCUT2D eigenvalue weighted by Gasteiger charge is 2.32. The third-order valence-corrected chi connectivity index (χ3v) is 5.19. The zero-order valence-electron chi connectivity index (χ0n) is 17.9. The van der Waals surface area contributed by atoms with Crippen LogP contribution in [0.3, 0.4) is 0 Å². The van der Waals surface area contributed by atoms with Crippen LogP contribution in [0.5, 0.6) is 11.5 Å². The first-order chi connectivity index (χ1) is 15.2. The number of carbonyl (C=O) groups is 2. The SMILES string of the molecule is COc1ccccc1C(=O)NC(CCSC)C(=O)N(C)Cc1ccccc1OC(F)(F)F. The molecule has 0 aliphatic heterocycles. The van der Waals surface area contributed by atoms with Crippen molar-refractivity contribution in [3.63, 3.8) is 0 Å². The van der Waals surface area contributed by atoms with E-state index >= 15 is 0 Å². The van der Waals surface area contributed by atoms with E-state index < -0.39 is 24.2 Å². The molecule has 0 aliphatic carbocycles. The Morgan fingerprint density at radius 1 is 1.09 bits per heavy atom. The quantitative estimate of drug-likeness (QED) is 0.566. The van der Waals surface area contributed by atoms with Gasteiger partial charge < -0.3 is 19.7 Å². The van der Waals surface area contributed by atoms with E-state index in [0.29, 0.717) is 17.9 Å². The molecule has 174 valence electrons. The molecule has 1 N–H and O–H groups in total. The molecule has 6 nitrogen and oxygen atoms in total. The zero-order valence-corrected chi connectivity index (χ0v) is 18.8. The fourth-order valence-corrected chi connectivity index (χ4v) is 3.49. The van der Waals surface area contributed by atoms with Crippen LogP contribution in [0, 0.1) is 0 Å². The van der Waals surface area contributed by atoms with Crippen LogP contribution in [-0.4, -0.2) is 55.3 Å². The number of rotatable bonds is 10. The van der Waals surface area contributed by atoms with E-state index in [0.717, 1.165) is 0 Å². The highest BCUT2D eigenvalue weighted by molar-refractivity contribution is 7.98. The van der Waals surface area contributed by atoms with Gasteiger partial charge in [-0.15, -0.1) is 13.2 Å². The molecule has 10 heteroatoms. The highest BCUT2D eigenvalue weighted by Crippen LogP contribution is 2.27. The summed E-state index contributed by atoms with van der Waals surface area (Å²) in [6.45, 7) is -0.120. The Balaban J connectivity index is 2.18. The molecule has 0 aliphatic rings. The molecule has 0 spiro atoms. The first-order valence-electron chi connectivity index (χ1n) is 9.67. The van der Waals surface area contributed by atoms with Crippen LogP contribution >= 0.6 is 11.8 Å². The van der Waals surface area contributed by atoms with E-state index in [1.807, 2.05) is 6.26 Å². The number of benzene rings is 2. The predicted octanol–water partition coefficient (Wildman–Crippen LogP) is 4.10. The lowest BCUT2D eigenvalue weighted by atomic mass is 10.1. The second-order valence-corrected chi connectivity index (χ2v) is 7.84. The first kappa shape index (κ1) is 25.4. The summed E-state index contributed by atoms with van der Waals surface area (Å²) in [6, 6.07) is 11.4. The Hall–Kier alpha value is -2.88. The maximum absolute atomic E-state index is 13.1. The Morgan fingerprint density at radius 3 is 2.34 bits per heavy atom. The first-order valence-corrected chi connectivity index (χ1v) is 11.1. The van der Waals surface area contributed by atoms with Gasteiger partial charge in [0.15, 0.2) is 0 Å². The van der Waals surface area contributed by atoms with Gasteiger partial charge in [0.2, 0.25) is 5.91 Å². The molecule has 0 heterocycles. The second-order valence-electron chi connectivity index (χ2n) is 6.86. The summed E-state index contributed by atoms with van der Waals surface area (Å²) in [7, 11) is 2.91. The van der Waals surface area contributed by atoms with Crippen molar-refractivity contribution in [2.24, 2.45) is 0 Å². The van der Waals surface area contributed by atoms with Crippen LogP contribution in [0.1, 0.15) is 22.3 Å². The number of hydrogen-bond donors (Lipinski definition) is 1. The minimum atomic E-state index is -4.84. The molecule has 32 heavy (non-hydrogen) atoms. The van der Waals surface area contributed by atoms with E-state index in [1.165, 1.54) is 49.0 Å². The van der Waals surface area contributed by atoms with Crippen LogP contribution < -0.4 is 14.8 Å². The summed E-state index contributed by atoms with van der Waals surface area (Å²) in [6.07, 6.45) is -2.62. The van der Waals surface area contributed by atoms with Crippen LogP contribution in [-0.2, 0) is 11.3 Å². The van der Waals surface area contributed by atoms with Gasteiger partial charge in [0.05, 0.1) is 12.7 Å². The van der Waals surface area contributed by atoms with Crippen molar-refractivity contribution < 1.29 is 32.2 Å². The molecule has 2 aromatic rings. The Morgan fingerprint density at radius 2 is 1.72 bits per heavy atom. The number of ether oxygens (including phenoxy) is 2. The van der Waals surface area contributed by atoms with Crippen molar-refractivity contribution >= 4 is 23.6 Å². The van der Waals surface area contributed by atoms with Gasteiger partial charge in [-0.1, -0.05) is 30.3 Å². The fourth-order valence-electron chi connectivity index (χ4n) is 3.02. The van der Waals surface area contributed by atoms with Crippen LogP contribution in [0.15, 0.2) is 48.5 Å². The standard InChI is InChI=1S/C22H25F3N2O4S/c1-27(14-15-8-4-6-10-18(15)31-22(23,24)25)21(29)17(12-13-32-3)26-20(28)16-9-5-7-11-19(16)30-2/h4-11,17H,12-14H2,1-3H3,(H,26,28). The summed E-state index contributed by atoms with van der Waals surface area (Å²) in [5, 5.41) is 2.73. The number of hydrogen-bond acceptors (Lipinski definition) is 5. The number of nitrogens with one attached hydrogen (secondary N) is 1. The van der Waals surface area contributed by atoms with E-state index in [1.54, 1.807) is 30.3 Å². The monoisotopic (exact) mass is 470 g/mol. The van der Waals surface area contributed by atoms with Crippen molar-refractivity contribution in [1.29, 1.82) is 0 Å². The van der Waals surface area contributed by atoms with Gasteiger partial charge >= 0.3 is 6.36 Å². The lowest BCUT2D eigenvalue weighted by Crippen LogP contribution is -2.47. The van der Waals surface area contributed by atoms with Crippen molar-refractivity contribution in [1.82, 2.24) is 10.2 Å². The van der Waals surface area contributed by atoms with Crippen molar-refractivity contribution in [2.75, 3.05) is 26.2 Å². The Bertz CT molecular complexity index is 924. The van der Waals surface area contributed by atoms with E-state index in [9.17, 15) is 22.8 Å². The number of methoxy groups -OCH3 is 1. The number of thioether (sulfide) groups is 1. The molecule has 0 fully saturated rings. The molecule has 2 amide bonds. The molecule has 0 saturated carbocycles. The van der Waals surface area contributed by atoms with Gasteiger partial charge in [0.1, 0.15) is 17.5 Å². The number of halogens is 3. The number of carbonyl (C=O) groups excluding carboxylic acids is 2. The minimum Gasteiger partial charge on any atom is -0.496 e. The van der Waals surface area contributed by atoms with Crippen molar-refractivity contribution in [3.05, 3.63) is 59.7 Å². The summed E-state index contributed by atoms with van der Waals surface area (Å²) >= 11 is 1.51. The van der Waals surface area contributed by atoms with Crippen molar-refractivity contribution in [3.8, 4) is 11.5 Å². The second kappa shape index (κ2) is 11.7. The van der Waals surface area contributed by atoms with Crippen LogP contribution in [0.4, 0.5) is 13.2 Å². The van der Waals surface area contributed by atoms with E-state index in [4.69, 9.17) is 4.74 Å². The van der Waals surface area contributed by atoms with Gasteiger partial charge in [0.25, 0.3) is 5.91 Å². The van der Waals surface area contributed by atoms with Gasteiger partial charge in [0, 0.05) is 19.2 Å². The topological polar surface area (TPSA) is 67.9 Å². The van der Waals surface area contributed by atoms with Crippen molar-refractivity contribution in [2.45, 2.75) is 25.4 Å². The number of likely N-dealkylation sites (N-methyl/N-ethyl adjacent to an activating group) is 1. The summed E-state index contributed by atoms with van der Waals surface area (Å²) in [5.41, 5.74) is 0.476. The molecule has 0 aromatic heterocycles. The lowest BCUT2D eigenvalue weighted by Gasteiger charge is -2.25. The summed E-state index contributed by atoms with van der Waals surface area (Å²) in [5.74, 6) is -0.309. The van der Waals surface area contributed by atoms with Crippen LogP contribution in [0.2, 0.25) is 0 Å². The molecule has 0 bridgehead atoms. The fraction of sp³-hybridized carbons (Fsp3) is 0.364.